The van der Waals surface area contributed by atoms with Gasteiger partial charge in [0.2, 0.25) is 0 Å². The third kappa shape index (κ3) is 4.39. The molecule has 0 saturated heterocycles. The molecule has 2 nitrogen and oxygen atoms in total. The fourth-order valence-corrected chi connectivity index (χ4v) is 8.16. The van der Waals surface area contributed by atoms with Crippen LogP contribution < -0.4 is 0 Å². The number of fused-ring (bicyclic) bond motifs is 6. The molecule has 2 aromatic heterocycles. The van der Waals surface area contributed by atoms with Crippen LogP contribution in [-0.2, 0) is 5.41 Å². The van der Waals surface area contributed by atoms with Crippen LogP contribution in [0.1, 0.15) is 57.1 Å². The number of benzene rings is 6. The van der Waals surface area contributed by atoms with Gasteiger partial charge in [0.15, 0.2) is 0 Å². The second kappa shape index (κ2) is 11.7. The van der Waals surface area contributed by atoms with Crippen LogP contribution in [-0.4, -0.2) is 9.13 Å². The molecular weight excluding hydrogens is 556 g/mol. The van der Waals surface area contributed by atoms with E-state index in [1.807, 2.05) is 13.8 Å². The van der Waals surface area contributed by atoms with E-state index in [2.05, 4.69) is 155 Å². The molecule has 226 valence electrons. The topological polar surface area (TPSA) is 9.86 Å². The van der Waals surface area contributed by atoms with Crippen molar-refractivity contribution in [1.29, 1.82) is 0 Å². The van der Waals surface area contributed by atoms with Crippen molar-refractivity contribution in [3.05, 3.63) is 157 Å². The van der Waals surface area contributed by atoms with Crippen LogP contribution in [0.25, 0.3) is 55.0 Å². The zero-order valence-electron chi connectivity index (χ0n) is 26.8. The van der Waals surface area contributed by atoms with Crippen molar-refractivity contribution in [3.63, 3.8) is 0 Å². The van der Waals surface area contributed by atoms with Crippen LogP contribution in [0.3, 0.4) is 0 Å². The number of hydrogen-bond acceptors (Lipinski definition) is 0. The first kappa shape index (κ1) is 28.4. The van der Waals surface area contributed by atoms with Crippen molar-refractivity contribution in [2.75, 3.05) is 0 Å². The van der Waals surface area contributed by atoms with Gasteiger partial charge in [-0.3, -0.25) is 0 Å². The molecule has 2 heteroatoms. The standard InChI is InChI=1S/C42H34N2.C2H6/c1-10-28-42(29-11-1,30-20-24-32(25-21-30)43-38-16-6-2-12-34(38)35-13-3-7-17-39(35)43)31-22-26-33(27-23-31)44-40-18-8-4-14-36(40)37-15-5-9-19-41(37)44;1-2/h2-9,12-27H,1,10-11,28-29H2;1-2H3. The fourth-order valence-electron chi connectivity index (χ4n) is 8.16. The van der Waals surface area contributed by atoms with E-state index < -0.39 is 0 Å². The smallest absolute Gasteiger partial charge is 0.0541 e. The summed E-state index contributed by atoms with van der Waals surface area (Å²) in [5.41, 5.74) is 10.4. The normalized spacial score (nSPS) is 14.5. The molecule has 0 N–H and O–H groups in total. The summed E-state index contributed by atoms with van der Waals surface area (Å²) < 4.78 is 4.84. The molecule has 1 fully saturated rings. The highest BCUT2D eigenvalue weighted by atomic mass is 15.0. The third-order valence-electron chi connectivity index (χ3n) is 10.2. The highest BCUT2D eigenvalue weighted by molar-refractivity contribution is 6.10. The predicted molar refractivity (Wildman–Crippen MR) is 197 cm³/mol. The number of rotatable bonds is 4. The lowest BCUT2D eigenvalue weighted by molar-refractivity contribution is 0.346. The Balaban J connectivity index is 0.00000153. The average Bonchev–Trinajstić information content (AvgIpc) is 3.66. The molecule has 0 bridgehead atoms. The second-order valence-electron chi connectivity index (χ2n) is 12.5. The summed E-state index contributed by atoms with van der Waals surface area (Å²) in [6.45, 7) is 4.00. The summed E-state index contributed by atoms with van der Waals surface area (Å²) in [5.74, 6) is 0. The number of nitrogens with zero attached hydrogens (tertiary/aromatic N) is 2. The highest BCUT2D eigenvalue weighted by Gasteiger charge is 2.35. The monoisotopic (exact) mass is 596 g/mol. The maximum Gasteiger partial charge on any atom is 0.0541 e. The summed E-state index contributed by atoms with van der Waals surface area (Å²) in [6, 6.07) is 54.1. The molecule has 0 radical (unpaired) electrons. The average molecular weight is 597 g/mol. The Morgan fingerprint density at radius 1 is 0.370 bits per heavy atom. The van der Waals surface area contributed by atoms with Gasteiger partial charge in [0.1, 0.15) is 0 Å². The first-order valence-corrected chi connectivity index (χ1v) is 17.0. The van der Waals surface area contributed by atoms with E-state index in [4.69, 9.17) is 0 Å². The highest BCUT2D eigenvalue weighted by Crippen LogP contribution is 2.46. The molecule has 1 aliphatic rings. The lowest BCUT2D eigenvalue weighted by Crippen LogP contribution is -2.30. The summed E-state index contributed by atoms with van der Waals surface area (Å²) in [6.07, 6.45) is 6.24. The van der Waals surface area contributed by atoms with Gasteiger partial charge in [0, 0.05) is 38.3 Å². The lowest BCUT2D eigenvalue weighted by Gasteiger charge is -2.39. The molecule has 2 heterocycles. The number of hydrogen-bond donors (Lipinski definition) is 0. The molecule has 8 aromatic rings. The Labute approximate surface area is 271 Å². The number of para-hydroxylation sites is 4. The molecule has 46 heavy (non-hydrogen) atoms. The van der Waals surface area contributed by atoms with Crippen molar-refractivity contribution in [2.45, 2.75) is 51.4 Å². The van der Waals surface area contributed by atoms with Crippen molar-refractivity contribution in [2.24, 2.45) is 0 Å². The molecule has 6 aromatic carbocycles. The Morgan fingerprint density at radius 3 is 1.00 bits per heavy atom. The molecule has 0 aliphatic heterocycles. The minimum Gasteiger partial charge on any atom is -0.309 e. The van der Waals surface area contributed by atoms with Crippen LogP contribution in [0.5, 0.6) is 0 Å². The van der Waals surface area contributed by atoms with Gasteiger partial charge >= 0.3 is 0 Å². The Kier molecular flexibility index (Phi) is 7.22. The largest absolute Gasteiger partial charge is 0.309 e. The molecule has 1 saturated carbocycles. The molecule has 0 atom stereocenters. The maximum absolute atomic E-state index is 2.42. The Hall–Kier alpha value is -5.08. The maximum atomic E-state index is 2.42. The minimum absolute atomic E-state index is 0.0386. The minimum atomic E-state index is 0.0386. The van der Waals surface area contributed by atoms with E-state index >= 15 is 0 Å². The van der Waals surface area contributed by atoms with E-state index in [1.54, 1.807) is 0 Å². The van der Waals surface area contributed by atoms with Gasteiger partial charge in [-0.2, -0.15) is 0 Å². The van der Waals surface area contributed by atoms with Crippen LogP contribution in [0, 0.1) is 0 Å². The molecule has 1 aliphatic carbocycles. The summed E-state index contributed by atoms with van der Waals surface area (Å²) in [7, 11) is 0. The van der Waals surface area contributed by atoms with Gasteiger partial charge in [-0.15, -0.1) is 0 Å². The SMILES string of the molecule is CC.c1ccc2c(c1)c1ccccc1n2-c1ccc(C2(c3ccc(-n4c5ccccc5c5ccccc54)cc3)CCCCC2)cc1. The van der Waals surface area contributed by atoms with Gasteiger partial charge in [-0.25, -0.2) is 0 Å². The molecule has 0 amide bonds. The van der Waals surface area contributed by atoms with E-state index in [0.717, 1.165) is 0 Å². The van der Waals surface area contributed by atoms with Gasteiger partial charge in [0.25, 0.3) is 0 Å². The molecular formula is C44H40N2. The first-order valence-electron chi connectivity index (χ1n) is 17.0. The zero-order valence-corrected chi connectivity index (χ0v) is 26.8. The molecule has 0 spiro atoms. The quantitative estimate of drug-likeness (QED) is 0.191. The van der Waals surface area contributed by atoms with E-state index in [-0.39, 0.29) is 5.41 Å². The van der Waals surface area contributed by atoms with E-state index in [9.17, 15) is 0 Å². The molecule has 9 rings (SSSR count). The Morgan fingerprint density at radius 2 is 0.674 bits per heavy atom. The van der Waals surface area contributed by atoms with Gasteiger partial charge in [0.05, 0.1) is 22.1 Å². The van der Waals surface area contributed by atoms with Gasteiger partial charge < -0.3 is 9.13 Å². The van der Waals surface area contributed by atoms with Gasteiger partial charge in [-0.1, -0.05) is 130 Å². The summed E-state index contributed by atoms with van der Waals surface area (Å²) >= 11 is 0. The van der Waals surface area contributed by atoms with Crippen molar-refractivity contribution < 1.29 is 0 Å². The van der Waals surface area contributed by atoms with Crippen LogP contribution in [0.4, 0.5) is 0 Å². The third-order valence-corrected chi connectivity index (χ3v) is 10.2. The van der Waals surface area contributed by atoms with E-state index in [1.165, 1.54) is 98.2 Å². The zero-order chi connectivity index (χ0) is 31.1. The van der Waals surface area contributed by atoms with E-state index in [0.29, 0.717) is 0 Å². The second-order valence-corrected chi connectivity index (χ2v) is 12.5. The summed E-state index contributed by atoms with van der Waals surface area (Å²) in [4.78, 5) is 0. The van der Waals surface area contributed by atoms with Crippen molar-refractivity contribution >= 4 is 43.6 Å². The predicted octanol–water partition coefficient (Wildman–Crippen LogP) is 12.2. The number of aromatic nitrogens is 2. The fraction of sp³-hybridized carbons (Fsp3) is 0.182. The summed E-state index contributed by atoms with van der Waals surface area (Å²) in [5, 5.41) is 5.22. The van der Waals surface area contributed by atoms with Crippen LogP contribution in [0.2, 0.25) is 0 Å². The van der Waals surface area contributed by atoms with Crippen LogP contribution >= 0.6 is 0 Å². The first-order chi connectivity index (χ1) is 22.8. The van der Waals surface area contributed by atoms with Crippen molar-refractivity contribution in [1.82, 2.24) is 9.13 Å². The lowest BCUT2D eigenvalue weighted by atomic mass is 9.65. The van der Waals surface area contributed by atoms with Gasteiger partial charge in [-0.05, 0) is 72.5 Å². The van der Waals surface area contributed by atoms with Crippen LogP contribution in [0.15, 0.2) is 146 Å². The van der Waals surface area contributed by atoms with Crippen molar-refractivity contribution in [3.8, 4) is 11.4 Å². The Bertz CT molecular complexity index is 2030. The molecule has 0 unspecified atom stereocenters.